The van der Waals surface area contributed by atoms with Gasteiger partial charge in [0.1, 0.15) is 0 Å². The van der Waals surface area contributed by atoms with Crippen LogP contribution in [0.25, 0.3) is 0 Å². The lowest BCUT2D eigenvalue weighted by atomic mass is 10.2. The van der Waals surface area contributed by atoms with Crippen LogP contribution in [0.1, 0.15) is 18.9 Å². The summed E-state index contributed by atoms with van der Waals surface area (Å²) in [6.07, 6.45) is 0.899. The molecule has 112 valence electrons. The number of hydrogen-bond donors (Lipinski definition) is 1. The summed E-state index contributed by atoms with van der Waals surface area (Å²) in [5.41, 5.74) is 1.12. The van der Waals surface area contributed by atoms with Gasteiger partial charge in [-0.2, -0.15) is 0 Å². The fraction of sp³-hybridized carbons (Fsp3) is 0.500. The van der Waals surface area contributed by atoms with Gasteiger partial charge in [-0.15, -0.1) is 0 Å². The molecule has 1 rings (SSSR count). The van der Waals surface area contributed by atoms with Crippen LogP contribution < -0.4 is 5.32 Å². The average molecular weight is 382 g/mol. The Labute approximate surface area is 138 Å². The van der Waals surface area contributed by atoms with E-state index in [4.69, 9.17) is 23.2 Å². The van der Waals surface area contributed by atoms with Crippen molar-refractivity contribution in [1.82, 2.24) is 10.2 Å². The first-order chi connectivity index (χ1) is 9.42. The van der Waals surface area contributed by atoms with E-state index in [1.807, 2.05) is 32.2 Å². The van der Waals surface area contributed by atoms with E-state index in [-0.39, 0.29) is 11.9 Å². The van der Waals surface area contributed by atoms with E-state index in [2.05, 4.69) is 26.1 Å². The zero-order valence-electron chi connectivity index (χ0n) is 11.6. The van der Waals surface area contributed by atoms with E-state index in [0.29, 0.717) is 15.4 Å². The zero-order chi connectivity index (χ0) is 15.1. The molecular formula is C14H19BrCl2N2O. The van der Waals surface area contributed by atoms with Crippen molar-refractivity contribution in [3.63, 3.8) is 0 Å². The number of nitrogens with one attached hydrogen (secondary N) is 1. The molecule has 20 heavy (non-hydrogen) atoms. The van der Waals surface area contributed by atoms with Gasteiger partial charge in [-0.05, 0) is 38.1 Å². The van der Waals surface area contributed by atoms with Crippen molar-refractivity contribution in [2.45, 2.75) is 25.9 Å². The third-order valence-corrected chi connectivity index (χ3v) is 4.16. The maximum Gasteiger partial charge on any atom is 0.230 e. The van der Waals surface area contributed by atoms with Crippen LogP contribution in [0.5, 0.6) is 0 Å². The molecule has 0 fully saturated rings. The van der Waals surface area contributed by atoms with Gasteiger partial charge < -0.3 is 10.2 Å². The third-order valence-electron chi connectivity index (χ3n) is 2.91. The first-order valence-electron chi connectivity index (χ1n) is 6.40. The van der Waals surface area contributed by atoms with Gasteiger partial charge in [0.25, 0.3) is 0 Å². The largest absolute Gasteiger partial charge is 0.353 e. The standard InChI is InChI=1S/C14H19BrCl2N2O/c1-10(18-14(20)8-15)5-6-19(2)9-11-3-4-12(16)13(17)7-11/h3-4,7,10H,5-6,8-9H2,1-2H3,(H,18,20). The third kappa shape index (κ3) is 6.44. The topological polar surface area (TPSA) is 32.3 Å². The number of benzene rings is 1. The Bertz CT molecular complexity index is 457. The van der Waals surface area contributed by atoms with Crippen LogP contribution in [0.4, 0.5) is 0 Å². The van der Waals surface area contributed by atoms with Crippen molar-refractivity contribution in [2.75, 3.05) is 18.9 Å². The molecule has 1 N–H and O–H groups in total. The average Bonchev–Trinajstić information content (AvgIpc) is 2.40. The quantitative estimate of drug-likeness (QED) is 0.730. The highest BCUT2D eigenvalue weighted by Gasteiger charge is 2.08. The van der Waals surface area contributed by atoms with Crippen LogP contribution in [0, 0.1) is 0 Å². The molecule has 1 aromatic carbocycles. The van der Waals surface area contributed by atoms with Gasteiger partial charge in [-0.3, -0.25) is 4.79 Å². The van der Waals surface area contributed by atoms with Gasteiger partial charge in [0.05, 0.1) is 15.4 Å². The van der Waals surface area contributed by atoms with Crippen molar-refractivity contribution < 1.29 is 4.79 Å². The SMILES string of the molecule is CC(CCN(C)Cc1ccc(Cl)c(Cl)c1)NC(=O)CBr. The van der Waals surface area contributed by atoms with Gasteiger partial charge in [-0.1, -0.05) is 45.2 Å². The van der Waals surface area contributed by atoms with E-state index in [1.165, 1.54) is 0 Å². The summed E-state index contributed by atoms with van der Waals surface area (Å²) in [5.74, 6) is 0.0182. The molecule has 0 aliphatic rings. The number of nitrogens with zero attached hydrogens (tertiary/aromatic N) is 1. The van der Waals surface area contributed by atoms with Crippen LogP contribution in [0.2, 0.25) is 10.0 Å². The maximum atomic E-state index is 11.2. The highest BCUT2D eigenvalue weighted by Crippen LogP contribution is 2.23. The minimum atomic E-state index is 0.0182. The van der Waals surface area contributed by atoms with Gasteiger partial charge in [0.2, 0.25) is 5.91 Å². The van der Waals surface area contributed by atoms with E-state index < -0.39 is 0 Å². The Morgan fingerprint density at radius 3 is 2.70 bits per heavy atom. The van der Waals surface area contributed by atoms with Crippen LogP contribution in [0.3, 0.4) is 0 Å². The number of carbonyl (C=O) groups is 1. The van der Waals surface area contributed by atoms with Crippen LogP contribution in [-0.2, 0) is 11.3 Å². The van der Waals surface area contributed by atoms with Crippen molar-refractivity contribution >= 4 is 45.0 Å². The van der Waals surface area contributed by atoms with Crippen molar-refractivity contribution in [3.05, 3.63) is 33.8 Å². The minimum absolute atomic E-state index is 0.0182. The predicted molar refractivity (Wildman–Crippen MR) is 88.8 cm³/mol. The molecule has 0 heterocycles. The molecule has 0 bridgehead atoms. The molecule has 0 aliphatic heterocycles. The molecule has 0 aromatic heterocycles. The van der Waals surface area contributed by atoms with Crippen molar-refractivity contribution in [3.8, 4) is 0 Å². The highest BCUT2D eigenvalue weighted by molar-refractivity contribution is 9.09. The second-order valence-corrected chi connectivity index (χ2v) is 6.25. The van der Waals surface area contributed by atoms with Crippen molar-refractivity contribution in [1.29, 1.82) is 0 Å². The van der Waals surface area contributed by atoms with E-state index in [0.717, 1.165) is 25.1 Å². The molecular weight excluding hydrogens is 363 g/mol. The van der Waals surface area contributed by atoms with Crippen LogP contribution in [0.15, 0.2) is 18.2 Å². The van der Waals surface area contributed by atoms with Crippen LogP contribution >= 0.6 is 39.1 Å². The Balaban J connectivity index is 2.37. The summed E-state index contributed by atoms with van der Waals surface area (Å²) in [5, 5.41) is 4.41. The Morgan fingerprint density at radius 1 is 1.40 bits per heavy atom. The van der Waals surface area contributed by atoms with Crippen molar-refractivity contribution in [2.24, 2.45) is 0 Å². The number of rotatable bonds is 7. The summed E-state index contributed by atoms with van der Waals surface area (Å²) in [6, 6.07) is 5.83. The summed E-state index contributed by atoms with van der Waals surface area (Å²) < 4.78 is 0. The lowest BCUT2D eigenvalue weighted by Gasteiger charge is -2.20. The molecule has 0 spiro atoms. The Morgan fingerprint density at radius 2 is 2.10 bits per heavy atom. The summed E-state index contributed by atoms with van der Waals surface area (Å²) in [7, 11) is 2.04. The van der Waals surface area contributed by atoms with Gasteiger partial charge in [0.15, 0.2) is 0 Å². The normalized spacial score (nSPS) is 12.5. The molecule has 1 atom stereocenters. The smallest absolute Gasteiger partial charge is 0.230 e. The fourth-order valence-electron chi connectivity index (χ4n) is 1.83. The van der Waals surface area contributed by atoms with E-state index in [1.54, 1.807) is 0 Å². The van der Waals surface area contributed by atoms with Gasteiger partial charge in [-0.25, -0.2) is 0 Å². The fourth-order valence-corrected chi connectivity index (χ4v) is 2.31. The van der Waals surface area contributed by atoms with Crippen LogP contribution in [-0.4, -0.2) is 35.8 Å². The van der Waals surface area contributed by atoms with Gasteiger partial charge in [0, 0.05) is 19.1 Å². The number of amides is 1. The number of halogens is 3. The Hall–Kier alpha value is -0.290. The lowest BCUT2D eigenvalue weighted by molar-refractivity contribution is -0.119. The molecule has 1 unspecified atom stereocenters. The minimum Gasteiger partial charge on any atom is -0.353 e. The van der Waals surface area contributed by atoms with Gasteiger partial charge >= 0.3 is 0 Å². The summed E-state index contributed by atoms with van der Waals surface area (Å²) in [6.45, 7) is 3.70. The molecule has 0 aliphatic carbocycles. The molecule has 1 amide bonds. The number of alkyl halides is 1. The summed E-state index contributed by atoms with van der Waals surface area (Å²) >= 11 is 15.0. The second-order valence-electron chi connectivity index (χ2n) is 4.88. The molecule has 3 nitrogen and oxygen atoms in total. The second kappa shape index (κ2) is 8.88. The Kier molecular flexibility index (Phi) is 7.88. The zero-order valence-corrected chi connectivity index (χ0v) is 14.7. The van der Waals surface area contributed by atoms with E-state index in [9.17, 15) is 4.79 Å². The predicted octanol–water partition coefficient (Wildman–Crippen LogP) is 3.71. The summed E-state index contributed by atoms with van der Waals surface area (Å²) in [4.78, 5) is 13.4. The van der Waals surface area contributed by atoms with E-state index >= 15 is 0 Å². The first-order valence-corrected chi connectivity index (χ1v) is 8.28. The molecule has 1 aromatic rings. The molecule has 6 heteroatoms. The monoisotopic (exact) mass is 380 g/mol. The maximum absolute atomic E-state index is 11.2. The number of carbonyl (C=O) groups excluding carboxylic acids is 1. The molecule has 0 saturated heterocycles. The lowest BCUT2D eigenvalue weighted by Crippen LogP contribution is -2.35. The molecule has 0 saturated carbocycles. The number of hydrogen-bond acceptors (Lipinski definition) is 2. The highest BCUT2D eigenvalue weighted by atomic mass is 79.9. The first kappa shape index (κ1) is 17.8. The molecule has 0 radical (unpaired) electrons.